The third kappa shape index (κ3) is 4.70. The molecule has 0 unspecified atom stereocenters. The number of imide groups is 1. The summed E-state index contributed by atoms with van der Waals surface area (Å²) in [6, 6.07) is 23.0. The number of rotatable bonds is 7. The van der Waals surface area contributed by atoms with Crippen LogP contribution in [0.15, 0.2) is 83.8 Å². The van der Waals surface area contributed by atoms with E-state index < -0.39 is 16.1 Å². The second-order valence-electron chi connectivity index (χ2n) is 6.97. The normalized spacial score (nSPS) is 14.8. The standard InChI is InChI=1S/C24H18N2O5S/c27-23-22(32-24(28)25(23)15-19-11-4-6-12-20(19)26(29)30)14-18-10-5-7-13-21(18)31-16-17-8-2-1-3-9-17/h1-14H,15-16H2/b22-14-. The van der Waals surface area contributed by atoms with Gasteiger partial charge in [-0.05, 0) is 29.5 Å². The van der Waals surface area contributed by atoms with Crippen LogP contribution in [0.25, 0.3) is 6.08 Å². The smallest absolute Gasteiger partial charge is 0.293 e. The Hall–Kier alpha value is -3.91. The van der Waals surface area contributed by atoms with Crippen molar-refractivity contribution in [2.45, 2.75) is 13.2 Å². The predicted octanol–water partition coefficient (Wildman–Crippen LogP) is 5.41. The maximum atomic E-state index is 12.9. The Balaban J connectivity index is 1.54. The number of para-hydroxylation sites is 2. The zero-order valence-corrected chi connectivity index (χ0v) is 17.7. The predicted molar refractivity (Wildman–Crippen MR) is 122 cm³/mol. The lowest BCUT2D eigenvalue weighted by atomic mass is 10.1. The molecule has 1 heterocycles. The molecule has 7 nitrogen and oxygen atoms in total. The summed E-state index contributed by atoms with van der Waals surface area (Å²) in [6.45, 7) is 0.205. The van der Waals surface area contributed by atoms with Crippen LogP contribution in [0.5, 0.6) is 5.75 Å². The fourth-order valence-electron chi connectivity index (χ4n) is 3.24. The third-order valence-electron chi connectivity index (χ3n) is 4.83. The fourth-order valence-corrected chi connectivity index (χ4v) is 4.07. The molecular weight excluding hydrogens is 428 g/mol. The van der Waals surface area contributed by atoms with E-state index in [1.807, 2.05) is 42.5 Å². The summed E-state index contributed by atoms with van der Waals surface area (Å²) in [4.78, 5) is 37.4. The van der Waals surface area contributed by atoms with E-state index in [4.69, 9.17) is 4.74 Å². The molecule has 4 rings (SSSR count). The maximum absolute atomic E-state index is 12.9. The van der Waals surface area contributed by atoms with Gasteiger partial charge in [0.25, 0.3) is 16.8 Å². The number of nitrogens with zero attached hydrogens (tertiary/aromatic N) is 2. The van der Waals surface area contributed by atoms with Gasteiger partial charge in [0.2, 0.25) is 0 Å². The lowest BCUT2D eigenvalue weighted by molar-refractivity contribution is -0.385. The first kappa shape index (κ1) is 21.3. The third-order valence-corrected chi connectivity index (χ3v) is 5.74. The minimum absolute atomic E-state index is 0.129. The van der Waals surface area contributed by atoms with Crippen molar-refractivity contribution in [3.8, 4) is 5.75 Å². The molecule has 0 bridgehead atoms. The molecule has 1 saturated heterocycles. The van der Waals surface area contributed by atoms with E-state index in [0.717, 1.165) is 22.2 Å². The van der Waals surface area contributed by atoms with Crippen LogP contribution in [0.3, 0.4) is 0 Å². The van der Waals surface area contributed by atoms with E-state index in [1.54, 1.807) is 30.3 Å². The number of thioether (sulfide) groups is 1. The highest BCUT2D eigenvalue weighted by molar-refractivity contribution is 8.18. The van der Waals surface area contributed by atoms with Gasteiger partial charge in [-0.2, -0.15) is 0 Å². The Morgan fingerprint density at radius 3 is 2.41 bits per heavy atom. The molecule has 0 aliphatic carbocycles. The first-order valence-electron chi connectivity index (χ1n) is 9.76. The SMILES string of the molecule is O=C1S/C(=C\c2ccccc2OCc2ccccc2)C(=O)N1Cc1ccccc1[N+](=O)[O-]. The van der Waals surface area contributed by atoms with Crippen LogP contribution in [0.1, 0.15) is 16.7 Å². The first-order chi connectivity index (χ1) is 15.5. The average molecular weight is 446 g/mol. The van der Waals surface area contributed by atoms with Crippen LogP contribution in [-0.2, 0) is 17.9 Å². The summed E-state index contributed by atoms with van der Waals surface area (Å²) < 4.78 is 5.92. The molecule has 0 spiro atoms. The van der Waals surface area contributed by atoms with Gasteiger partial charge in [0.1, 0.15) is 12.4 Å². The molecule has 1 fully saturated rings. The molecule has 0 atom stereocenters. The van der Waals surface area contributed by atoms with Crippen LogP contribution in [0.4, 0.5) is 10.5 Å². The van der Waals surface area contributed by atoms with Crippen molar-refractivity contribution in [1.82, 2.24) is 4.90 Å². The second-order valence-corrected chi connectivity index (χ2v) is 7.96. The molecule has 1 aliphatic rings. The molecule has 0 aromatic heterocycles. The monoisotopic (exact) mass is 446 g/mol. The van der Waals surface area contributed by atoms with Gasteiger partial charge in [0.05, 0.1) is 16.4 Å². The van der Waals surface area contributed by atoms with Crippen molar-refractivity contribution in [2.24, 2.45) is 0 Å². The number of amides is 2. The topological polar surface area (TPSA) is 89.8 Å². The molecule has 3 aromatic rings. The van der Waals surface area contributed by atoms with Gasteiger partial charge < -0.3 is 4.74 Å². The summed E-state index contributed by atoms with van der Waals surface area (Å²) in [5.74, 6) is 0.0952. The van der Waals surface area contributed by atoms with Gasteiger partial charge in [-0.15, -0.1) is 0 Å². The van der Waals surface area contributed by atoms with Crippen LogP contribution >= 0.6 is 11.8 Å². The molecule has 3 aromatic carbocycles. The van der Waals surface area contributed by atoms with Crippen LogP contribution < -0.4 is 4.74 Å². The van der Waals surface area contributed by atoms with Crippen LogP contribution in [0.2, 0.25) is 0 Å². The highest BCUT2D eigenvalue weighted by atomic mass is 32.2. The molecule has 1 aliphatic heterocycles. The van der Waals surface area contributed by atoms with Crippen molar-refractivity contribution in [3.63, 3.8) is 0 Å². The van der Waals surface area contributed by atoms with Gasteiger partial charge in [-0.1, -0.05) is 66.7 Å². The van der Waals surface area contributed by atoms with E-state index >= 15 is 0 Å². The van der Waals surface area contributed by atoms with Crippen molar-refractivity contribution in [3.05, 3.63) is 111 Å². The van der Waals surface area contributed by atoms with Crippen molar-refractivity contribution in [2.75, 3.05) is 0 Å². The second kappa shape index (κ2) is 9.49. The molecule has 2 amide bonds. The summed E-state index contributed by atoms with van der Waals surface area (Å²) >= 11 is 0.806. The van der Waals surface area contributed by atoms with Gasteiger partial charge in [-0.3, -0.25) is 24.6 Å². The summed E-state index contributed by atoms with van der Waals surface area (Å²) in [5.41, 5.74) is 1.84. The van der Waals surface area contributed by atoms with E-state index in [9.17, 15) is 19.7 Å². The van der Waals surface area contributed by atoms with E-state index in [1.165, 1.54) is 12.1 Å². The van der Waals surface area contributed by atoms with Gasteiger partial charge in [-0.25, -0.2) is 0 Å². The highest BCUT2D eigenvalue weighted by Gasteiger charge is 2.36. The number of carbonyl (C=O) groups is 2. The number of hydrogen-bond donors (Lipinski definition) is 0. The number of nitro benzene ring substituents is 1. The molecule has 0 N–H and O–H groups in total. The first-order valence-corrected chi connectivity index (χ1v) is 10.6. The fraction of sp³-hybridized carbons (Fsp3) is 0.0833. The van der Waals surface area contributed by atoms with Gasteiger partial charge >= 0.3 is 0 Å². The Kier molecular flexibility index (Phi) is 6.32. The van der Waals surface area contributed by atoms with Gasteiger partial charge in [0, 0.05) is 17.2 Å². The quantitative estimate of drug-likeness (QED) is 0.274. The Morgan fingerprint density at radius 2 is 1.62 bits per heavy atom. The Bertz CT molecular complexity index is 1210. The van der Waals surface area contributed by atoms with Gasteiger partial charge in [0.15, 0.2) is 0 Å². The number of carbonyl (C=O) groups excluding carboxylic acids is 2. The molecule has 32 heavy (non-hydrogen) atoms. The average Bonchev–Trinajstić information content (AvgIpc) is 3.07. The minimum Gasteiger partial charge on any atom is -0.488 e. The van der Waals surface area contributed by atoms with E-state index in [0.29, 0.717) is 23.5 Å². The van der Waals surface area contributed by atoms with Crippen molar-refractivity contribution >= 4 is 34.7 Å². The Morgan fingerprint density at radius 1 is 0.938 bits per heavy atom. The molecule has 0 saturated carbocycles. The lowest BCUT2D eigenvalue weighted by Crippen LogP contribution is -2.27. The van der Waals surface area contributed by atoms with Crippen molar-refractivity contribution < 1.29 is 19.2 Å². The van der Waals surface area contributed by atoms with Crippen LogP contribution in [-0.4, -0.2) is 21.0 Å². The number of hydrogen-bond acceptors (Lipinski definition) is 6. The zero-order valence-electron chi connectivity index (χ0n) is 16.8. The minimum atomic E-state index is -0.523. The number of ether oxygens (including phenoxy) is 1. The van der Waals surface area contributed by atoms with E-state index in [2.05, 4.69) is 0 Å². The Labute approximate surface area is 188 Å². The maximum Gasteiger partial charge on any atom is 0.293 e. The molecular formula is C24H18N2O5S. The number of benzene rings is 3. The number of nitro groups is 1. The molecule has 8 heteroatoms. The largest absolute Gasteiger partial charge is 0.488 e. The summed E-state index contributed by atoms with van der Waals surface area (Å²) in [5, 5.41) is 10.8. The van der Waals surface area contributed by atoms with Crippen LogP contribution in [0, 0.1) is 10.1 Å². The molecule has 0 radical (unpaired) electrons. The summed E-state index contributed by atoms with van der Waals surface area (Å²) in [7, 11) is 0. The highest BCUT2D eigenvalue weighted by Crippen LogP contribution is 2.35. The zero-order chi connectivity index (χ0) is 22.5. The molecule has 160 valence electrons. The lowest BCUT2D eigenvalue weighted by Gasteiger charge is -2.12. The van der Waals surface area contributed by atoms with Crippen molar-refractivity contribution in [1.29, 1.82) is 0 Å². The van der Waals surface area contributed by atoms with E-state index in [-0.39, 0.29) is 17.1 Å². The summed E-state index contributed by atoms with van der Waals surface area (Å²) in [6.07, 6.45) is 1.62.